The zero-order chi connectivity index (χ0) is 19.6. The SMILES string of the molecule is CC1(C)CC(=O)C2C(=NC3=C(C(=O)c4ccccc43)[C@@H]2c2ccc(Cl)cc2)C1. The maximum Gasteiger partial charge on any atom is 0.192 e. The fourth-order valence-corrected chi connectivity index (χ4v) is 5.08. The summed E-state index contributed by atoms with van der Waals surface area (Å²) in [6.45, 7) is 4.22. The van der Waals surface area contributed by atoms with Crippen LogP contribution in [0, 0.1) is 11.3 Å². The van der Waals surface area contributed by atoms with Gasteiger partial charge in [0.15, 0.2) is 5.78 Å². The van der Waals surface area contributed by atoms with Gasteiger partial charge in [-0.15, -0.1) is 0 Å². The highest BCUT2D eigenvalue weighted by atomic mass is 35.5. The summed E-state index contributed by atoms with van der Waals surface area (Å²) in [4.78, 5) is 31.5. The Labute approximate surface area is 169 Å². The Hall–Kier alpha value is -2.52. The molecule has 1 fully saturated rings. The fourth-order valence-electron chi connectivity index (χ4n) is 4.95. The Morgan fingerprint density at radius 3 is 2.32 bits per heavy atom. The summed E-state index contributed by atoms with van der Waals surface area (Å²) < 4.78 is 0. The van der Waals surface area contributed by atoms with Crippen molar-refractivity contribution in [2.75, 3.05) is 0 Å². The summed E-state index contributed by atoms with van der Waals surface area (Å²) in [6.07, 6.45) is 1.27. The molecule has 1 heterocycles. The molecule has 0 bridgehead atoms. The van der Waals surface area contributed by atoms with Crippen LogP contribution in [0.1, 0.15) is 54.1 Å². The van der Waals surface area contributed by atoms with E-state index in [0.29, 0.717) is 22.6 Å². The molecule has 3 nitrogen and oxygen atoms in total. The number of aliphatic imine (C=N–C) groups is 1. The molecule has 2 aromatic rings. The van der Waals surface area contributed by atoms with Crippen molar-refractivity contribution in [3.63, 3.8) is 0 Å². The molecule has 0 N–H and O–H groups in total. The molecule has 2 aromatic carbocycles. The van der Waals surface area contributed by atoms with Crippen LogP contribution in [-0.4, -0.2) is 17.3 Å². The number of carbonyl (C=O) groups is 2. The van der Waals surface area contributed by atoms with E-state index >= 15 is 0 Å². The molecule has 28 heavy (non-hydrogen) atoms. The van der Waals surface area contributed by atoms with Crippen molar-refractivity contribution in [1.82, 2.24) is 0 Å². The number of Topliss-reactive ketones (excluding diaryl/α,β-unsaturated/α-hetero) is 2. The molecule has 0 spiro atoms. The lowest BCUT2D eigenvalue weighted by Gasteiger charge is -2.40. The second-order valence-corrected chi connectivity index (χ2v) is 9.17. The largest absolute Gasteiger partial charge is 0.299 e. The van der Waals surface area contributed by atoms with Crippen molar-refractivity contribution in [3.05, 3.63) is 75.8 Å². The standard InChI is InChI=1S/C24H20ClNO2/c1-24(2)11-17-20(18(27)12-24)19(13-7-9-14(25)10-8-13)21-22(26-17)15-5-3-4-6-16(15)23(21)28/h3-10,19-20H,11-12H2,1-2H3/t19-,20?/m1/s1. The van der Waals surface area contributed by atoms with Gasteiger partial charge in [0, 0.05) is 39.8 Å². The zero-order valence-corrected chi connectivity index (χ0v) is 16.6. The van der Waals surface area contributed by atoms with E-state index in [2.05, 4.69) is 13.8 Å². The van der Waals surface area contributed by atoms with Crippen LogP contribution in [0.25, 0.3) is 5.70 Å². The molecule has 0 saturated heterocycles. The average molecular weight is 390 g/mol. The van der Waals surface area contributed by atoms with E-state index in [1.54, 1.807) is 0 Å². The Morgan fingerprint density at radius 1 is 0.929 bits per heavy atom. The molecule has 140 valence electrons. The number of hydrogen-bond donors (Lipinski definition) is 0. The molecular weight excluding hydrogens is 370 g/mol. The van der Waals surface area contributed by atoms with Gasteiger partial charge in [0.25, 0.3) is 0 Å². The molecule has 3 aliphatic rings. The lowest BCUT2D eigenvalue weighted by molar-refractivity contribution is -0.124. The Balaban J connectivity index is 1.75. The van der Waals surface area contributed by atoms with Crippen LogP contribution in [0.4, 0.5) is 0 Å². The number of allylic oxidation sites excluding steroid dienone is 1. The van der Waals surface area contributed by atoms with Crippen molar-refractivity contribution < 1.29 is 9.59 Å². The lowest BCUT2D eigenvalue weighted by Crippen LogP contribution is -2.43. The monoisotopic (exact) mass is 389 g/mol. The Morgan fingerprint density at radius 2 is 1.61 bits per heavy atom. The van der Waals surface area contributed by atoms with Crippen LogP contribution < -0.4 is 0 Å². The predicted molar refractivity (Wildman–Crippen MR) is 111 cm³/mol. The lowest BCUT2D eigenvalue weighted by atomic mass is 9.63. The highest BCUT2D eigenvalue weighted by Gasteiger charge is 2.49. The predicted octanol–water partition coefficient (Wildman–Crippen LogP) is 5.49. The maximum atomic E-state index is 13.3. The number of rotatable bonds is 1. The first-order chi connectivity index (χ1) is 13.4. The second kappa shape index (κ2) is 5.99. The van der Waals surface area contributed by atoms with Gasteiger partial charge in [-0.3, -0.25) is 14.6 Å². The van der Waals surface area contributed by atoms with Crippen LogP contribution in [0.2, 0.25) is 5.02 Å². The van der Waals surface area contributed by atoms with Crippen LogP contribution in [0.3, 0.4) is 0 Å². The fraction of sp³-hybridized carbons (Fsp3) is 0.292. The number of carbonyl (C=O) groups excluding carboxylic acids is 2. The van der Waals surface area contributed by atoms with E-state index in [-0.39, 0.29) is 28.8 Å². The molecule has 0 radical (unpaired) electrons. The van der Waals surface area contributed by atoms with E-state index in [9.17, 15) is 9.59 Å². The van der Waals surface area contributed by atoms with Gasteiger partial charge in [-0.2, -0.15) is 0 Å². The first kappa shape index (κ1) is 17.6. The summed E-state index contributed by atoms with van der Waals surface area (Å²) in [5.74, 6) is -0.509. The summed E-state index contributed by atoms with van der Waals surface area (Å²) in [5.41, 5.74) is 4.71. The minimum absolute atomic E-state index is 0.00835. The van der Waals surface area contributed by atoms with Crippen LogP contribution in [0.5, 0.6) is 0 Å². The number of halogens is 1. The minimum Gasteiger partial charge on any atom is -0.299 e. The van der Waals surface area contributed by atoms with Gasteiger partial charge in [0.05, 0.1) is 11.6 Å². The molecular formula is C24H20ClNO2. The average Bonchev–Trinajstić information content (AvgIpc) is 2.93. The topological polar surface area (TPSA) is 46.5 Å². The molecule has 2 aliphatic carbocycles. The molecule has 1 aliphatic heterocycles. The molecule has 0 aromatic heterocycles. The van der Waals surface area contributed by atoms with Gasteiger partial charge in [0.1, 0.15) is 5.78 Å². The Kier molecular flexibility index (Phi) is 3.76. The van der Waals surface area contributed by atoms with E-state index < -0.39 is 0 Å². The number of benzene rings is 2. The van der Waals surface area contributed by atoms with Crippen molar-refractivity contribution in [2.24, 2.45) is 16.3 Å². The summed E-state index contributed by atoms with van der Waals surface area (Å²) in [5, 5.41) is 0.639. The second-order valence-electron chi connectivity index (χ2n) is 8.73. The van der Waals surface area contributed by atoms with E-state index in [4.69, 9.17) is 16.6 Å². The molecule has 1 unspecified atom stereocenters. The van der Waals surface area contributed by atoms with Crippen molar-refractivity contribution in [3.8, 4) is 0 Å². The summed E-state index contributed by atoms with van der Waals surface area (Å²) in [6, 6.07) is 15.1. The van der Waals surface area contributed by atoms with Gasteiger partial charge >= 0.3 is 0 Å². The van der Waals surface area contributed by atoms with Crippen molar-refractivity contribution >= 4 is 34.6 Å². The van der Waals surface area contributed by atoms with Gasteiger partial charge < -0.3 is 0 Å². The van der Waals surface area contributed by atoms with Gasteiger partial charge in [-0.1, -0.05) is 61.8 Å². The first-order valence-corrected chi connectivity index (χ1v) is 9.97. The van der Waals surface area contributed by atoms with Crippen molar-refractivity contribution in [2.45, 2.75) is 32.6 Å². The molecule has 0 amide bonds. The summed E-state index contributed by atoms with van der Waals surface area (Å²) in [7, 11) is 0. The van der Waals surface area contributed by atoms with Gasteiger partial charge in [0.2, 0.25) is 0 Å². The maximum absolute atomic E-state index is 13.3. The third kappa shape index (κ3) is 2.53. The zero-order valence-electron chi connectivity index (χ0n) is 15.8. The number of fused-ring (bicyclic) bond motifs is 3. The quantitative estimate of drug-likeness (QED) is 0.647. The molecule has 1 saturated carbocycles. The number of ketones is 2. The van der Waals surface area contributed by atoms with E-state index in [1.807, 2.05) is 48.5 Å². The van der Waals surface area contributed by atoms with Crippen LogP contribution >= 0.6 is 11.6 Å². The smallest absolute Gasteiger partial charge is 0.192 e. The van der Waals surface area contributed by atoms with Crippen LogP contribution in [-0.2, 0) is 4.79 Å². The van der Waals surface area contributed by atoms with E-state index in [1.165, 1.54) is 0 Å². The third-order valence-electron chi connectivity index (χ3n) is 6.07. The van der Waals surface area contributed by atoms with E-state index in [0.717, 1.165) is 29.0 Å². The van der Waals surface area contributed by atoms with Gasteiger partial charge in [-0.05, 0) is 29.5 Å². The van der Waals surface area contributed by atoms with Crippen LogP contribution in [0.15, 0.2) is 59.1 Å². The number of hydrogen-bond acceptors (Lipinski definition) is 3. The minimum atomic E-state index is -0.369. The van der Waals surface area contributed by atoms with Crippen molar-refractivity contribution in [1.29, 1.82) is 0 Å². The Bertz CT molecular complexity index is 1090. The normalized spacial score (nSPS) is 25.2. The molecule has 5 rings (SSSR count). The highest BCUT2D eigenvalue weighted by Crippen LogP contribution is 2.51. The summed E-state index contributed by atoms with van der Waals surface area (Å²) >= 11 is 6.10. The first-order valence-electron chi connectivity index (χ1n) is 9.60. The molecule has 2 atom stereocenters. The van der Waals surface area contributed by atoms with Gasteiger partial charge in [-0.25, -0.2) is 0 Å². The third-order valence-corrected chi connectivity index (χ3v) is 6.33. The molecule has 4 heteroatoms. The number of nitrogens with zero attached hydrogens (tertiary/aromatic N) is 1. The highest BCUT2D eigenvalue weighted by molar-refractivity contribution is 6.30.